The molecule has 0 spiro atoms. The van der Waals surface area contributed by atoms with Crippen molar-refractivity contribution in [2.75, 3.05) is 7.11 Å². The first-order valence-corrected chi connectivity index (χ1v) is 5.77. The number of hydrogen-bond donors (Lipinski definition) is 1. The van der Waals surface area contributed by atoms with Gasteiger partial charge in [0, 0.05) is 0 Å². The Morgan fingerprint density at radius 3 is 2.32 bits per heavy atom. The zero-order chi connectivity index (χ0) is 14.4. The predicted octanol–water partition coefficient (Wildman–Crippen LogP) is 1.95. The van der Waals surface area contributed by atoms with Gasteiger partial charge in [0.05, 0.1) is 19.1 Å². The van der Waals surface area contributed by atoms with Crippen molar-refractivity contribution in [1.82, 2.24) is 0 Å². The zero-order valence-electron chi connectivity index (χ0n) is 10.4. The first-order valence-electron chi connectivity index (χ1n) is 5.77. The Balaban J connectivity index is 2.86. The van der Waals surface area contributed by atoms with Crippen LogP contribution in [0.4, 0.5) is 13.2 Å². The van der Waals surface area contributed by atoms with Crippen molar-refractivity contribution in [2.24, 2.45) is 11.7 Å². The summed E-state index contributed by atoms with van der Waals surface area (Å²) in [5, 5.41) is 0. The minimum Gasteiger partial charge on any atom is -0.469 e. The van der Waals surface area contributed by atoms with Crippen molar-refractivity contribution in [3.05, 3.63) is 35.9 Å². The SMILES string of the molecule is COC(=O)C(Cc1ccccc1)C(N)C(F)C(F)F. The fourth-order valence-electron chi connectivity index (χ4n) is 1.79. The van der Waals surface area contributed by atoms with Crippen LogP contribution in [-0.2, 0) is 16.0 Å². The maximum absolute atomic E-state index is 13.3. The Morgan fingerprint density at radius 1 is 1.26 bits per heavy atom. The number of nitrogens with two attached hydrogens (primary N) is 1. The molecule has 0 aliphatic rings. The van der Waals surface area contributed by atoms with E-state index in [9.17, 15) is 18.0 Å². The van der Waals surface area contributed by atoms with E-state index in [0.717, 1.165) is 7.11 Å². The number of benzene rings is 1. The van der Waals surface area contributed by atoms with Gasteiger partial charge in [-0.3, -0.25) is 4.79 Å². The van der Waals surface area contributed by atoms with Crippen LogP contribution in [0.3, 0.4) is 0 Å². The summed E-state index contributed by atoms with van der Waals surface area (Å²) in [4.78, 5) is 11.6. The molecule has 3 nitrogen and oxygen atoms in total. The van der Waals surface area contributed by atoms with Crippen LogP contribution in [0.2, 0.25) is 0 Å². The van der Waals surface area contributed by atoms with Gasteiger partial charge >= 0.3 is 5.97 Å². The highest BCUT2D eigenvalue weighted by molar-refractivity contribution is 5.73. The molecule has 2 N–H and O–H groups in total. The van der Waals surface area contributed by atoms with E-state index in [1.54, 1.807) is 30.3 Å². The molecular weight excluding hydrogens is 259 g/mol. The molecule has 1 aromatic rings. The third-order valence-corrected chi connectivity index (χ3v) is 2.88. The zero-order valence-corrected chi connectivity index (χ0v) is 10.4. The van der Waals surface area contributed by atoms with Crippen LogP contribution in [0, 0.1) is 5.92 Å². The standard InChI is InChI=1S/C13H16F3NO2/c1-19-13(18)9(11(17)10(14)12(15)16)7-8-5-3-2-4-6-8/h2-6,9-12H,7,17H2,1H3. The lowest BCUT2D eigenvalue weighted by molar-refractivity contribution is -0.147. The minimum absolute atomic E-state index is 0.0574. The highest BCUT2D eigenvalue weighted by Crippen LogP contribution is 2.20. The molecule has 0 aliphatic heterocycles. The predicted molar refractivity (Wildman–Crippen MR) is 64.5 cm³/mol. The van der Waals surface area contributed by atoms with Crippen LogP contribution in [0.15, 0.2) is 30.3 Å². The number of carbonyl (C=O) groups excluding carboxylic acids is 1. The Hall–Kier alpha value is -1.56. The van der Waals surface area contributed by atoms with Crippen molar-refractivity contribution in [1.29, 1.82) is 0 Å². The third-order valence-electron chi connectivity index (χ3n) is 2.88. The fourth-order valence-corrected chi connectivity index (χ4v) is 1.79. The number of hydrogen-bond acceptors (Lipinski definition) is 3. The van der Waals surface area contributed by atoms with Crippen molar-refractivity contribution < 1.29 is 22.7 Å². The molecule has 0 aliphatic carbocycles. The lowest BCUT2D eigenvalue weighted by atomic mass is 9.90. The Kier molecular flexibility index (Phi) is 5.82. The molecule has 1 rings (SSSR count). The summed E-state index contributed by atoms with van der Waals surface area (Å²) >= 11 is 0. The Bertz CT molecular complexity index is 400. The molecule has 0 radical (unpaired) electrons. The number of esters is 1. The van der Waals surface area contributed by atoms with E-state index in [-0.39, 0.29) is 6.42 Å². The van der Waals surface area contributed by atoms with E-state index < -0.39 is 30.5 Å². The van der Waals surface area contributed by atoms with E-state index in [0.29, 0.717) is 5.56 Å². The number of carbonyl (C=O) groups is 1. The topological polar surface area (TPSA) is 52.3 Å². The molecule has 3 atom stereocenters. The van der Waals surface area contributed by atoms with Gasteiger partial charge in [-0.15, -0.1) is 0 Å². The van der Waals surface area contributed by atoms with Crippen LogP contribution in [-0.4, -0.2) is 31.7 Å². The molecule has 0 bridgehead atoms. The summed E-state index contributed by atoms with van der Waals surface area (Å²) in [6.07, 6.45) is -5.73. The first kappa shape index (κ1) is 15.5. The van der Waals surface area contributed by atoms with Gasteiger partial charge in [0.2, 0.25) is 0 Å². The molecule has 106 valence electrons. The highest BCUT2D eigenvalue weighted by atomic mass is 19.3. The van der Waals surface area contributed by atoms with Gasteiger partial charge in [0.1, 0.15) is 0 Å². The molecule has 1 aromatic carbocycles. The smallest absolute Gasteiger partial charge is 0.310 e. The second-order valence-electron chi connectivity index (χ2n) is 4.18. The normalized spacial score (nSPS) is 15.9. The molecule has 0 aromatic heterocycles. The minimum atomic E-state index is -3.22. The van der Waals surface area contributed by atoms with E-state index in [2.05, 4.69) is 4.74 Å². The number of ether oxygens (including phenoxy) is 1. The van der Waals surface area contributed by atoms with Crippen LogP contribution < -0.4 is 5.73 Å². The average Bonchev–Trinajstić information content (AvgIpc) is 2.43. The van der Waals surface area contributed by atoms with Crippen LogP contribution >= 0.6 is 0 Å². The van der Waals surface area contributed by atoms with Crippen molar-refractivity contribution in [3.63, 3.8) is 0 Å². The number of rotatable bonds is 6. The summed E-state index contributed by atoms with van der Waals surface area (Å²) in [6.45, 7) is 0. The number of halogens is 3. The molecule has 19 heavy (non-hydrogen) atoms. The summed E-state index contributed by atoms with van der Waals surface area (Å²) in [6, 6.07) is 7.04. The number of alkyl halides is 3. The van der Waals surface area contributed by atoms with Crippen molar-refractivity contribution in [2.45, 2.75) is 25.1 Å². The summed E-state index contributed by atoms with van der Waals surface area (Å²) in [5.41, 5.74) is 6.13. The Labute approximate surface area is 109 Å². The molecule has 6 heteroatoms. The van der Waals surface area contributed by atoms with Gasteiger partial charge in [-0.1, -0.05) is 30.3 Å². The highest BCUT2D eigenvalue weighted by Gasteiger charge is 2.37. The van der Waals surface area contributed by atoms with Gasteiger partial charge in [0.15, 0.2) is 6.17 Å². The maximum atomic E-state index is 13.3. The fraction of sp³-hybridized carbons (Fsp3) is 0.462. The van der Waals surface area contributed by atoms with Crippen LogP contribution in [0.25, 0.3) is 0 Å². The van der Waals surface area contributed by atoms with Gasteiger partial charge in [-0.25, -0.2) is 13.2 Å². The Morgan fingerprint density at radius 2 is 1.84 bits per heavy atom. The average molecular weight is 275 g/mol. The quantitative estimate of drug-likeness (QED) is 0.807. The van der Waals surface area contributed by atoms with Crippen LogP contribution in [0.5, 0.6) is 0 Å². The van der Waals surface area contributed by atoms with Crippen molar-refractivity contribution in [3.8, 4) is 0 Å². The van der Waals surface area contributed by atoms with Gasteiger partial charge in [-0.2, -0.15) is 0 Å². The molecule has 0 fully saturated rings. The monoisotopic (exact) mass is 275 g/mol. The largest absolute Gasteiger partial charge is 0.469 e. The molecule has 3 unspecified atom stereocenters. The van der Waals surface area contributed by atoms with E-state index >= 15 is 0 Å². The summed E-state index contributed by atoms with van der Waals surface area (Å²) in [7, 11) is 1.11. The lowest BCUT2D eigenvalue weighted by Gasteiger charge is -2.24. The van der Waals surface area contributed by atoms with Gasteiger partial charge in [-0.05, 0) is 12.0 Å². The maximum Gasteiger partial charge on any atom is 0.310 e. The molecule has 0 saturated heterocycles. The van der Waals surface area contributed by atoms with Gasteiger partial charge < -0.3 is 10.5 Å². The van der Waals surface area contributed by atoms with E-state index in [1.165, 1.54) is 0 Å². The van der Waals surface area contributed by atoms with Crippen LogP contribution in [0.1, 0.15) is 5.56 Å². The summed E-state index contributed by atoms with van der Waals surface area (Å²) < 4.78 is 42.5. The summed E-state index contributed by atoms with van der Waals surface area (Å²) in [5.74, 6) is -1.93. The second-order valence-corrected chi connectivity index (χ2v) is 4.18. The molecule has 0 saturated carbocycles. The first-order chi connectivity index (χ1) is 8.97. The second kappa shape index (κ2) is 7.13. The van der Waals surface area contributed by atoms with Crippen molar-refractivity contribution >= 4 is 5.97 Å². The van der Waals surface area contributed by atoms with Gasteiger partial charge in [0.25, 0.3) is 6.43 Å². The van der Waals surface area contributed by atoms with E-state index in [4.69, 9.17) is 5.73 Å². The molecule has 0 heterocycles. The molecule has 0 amide bonds. The number of methoxy groups -OCH3 is 1. The van der Waals surface area contributed by atoms with E-state index in [1.807, 2.05) is 0 Å². The third kappa shape index (κ3) is 4.24. The lowest BCUT2D eigenvalue weighted by Crippen LogP contribution is -2.47. The molecular formula is C13H16F3NO2.